The van der Waals surface area contributed by atoms with Gasteiger partial charge in [0.15, 0.2) is 12.3 Å². The first kappa shape index (κ1) is 32.4. The van der Waals surface area contributed by atoms with Crippen molar-refractivity contribution in [3.8, 4) is 0 Å². The number of carbonyl (C=O) groups excluding carboxylic acids is 1. The van der Waals surface area contributed by atoms with Crippen molar-refractivity contribution in [3.63, 3.8) is 0 Å². The fourth-order valence-electron chi connectivity index (χ4n) is 7.44. The number of hydrogen-bond donors (Lipinski definition) is 1. The Morgan fingerprint density at radius 3 is 2.27 bits per heavy atom. The van der Waals surface area contributed by atoms with Gasteiger partial charge >= 0.3 is 5.97 Å². The summed E-state index contributed by atoms with van der Waals surface area (Å²) in [5.74, 6) is -0.852. The SMILES string of the molecule is CC1(C)C(=CC=CC=CC2=[N+](CCC(=O)O)c3c(c4ccccc4c4ccccc34)C2(C)C)N(CCOC=O)c2cc([N+](=O)[O-])ccc21. The highest BCUT2D eigenvalue weighted by molar-refractivity contribution is 6.18. The summed E-state index contributed by atoms with van der Waals surface area (Å²) in [6, 6.07) is 21.6. The first-order chi connectivity index (χ1) is 23.0. The van der Waals surface area contributed by atoms with Gasteiger partial charge in [-0.1, -0.05) is 74.5 Å². The lowest BCUT2D eigenvalue weighted by atomic mass is 9.78. The molecular formula is C39H38N3O6+. The number of aliphatic carboxylic acids is 1. The zero-order valence-electron chi connectivity index (χ0n) is 27.5. The summed E-state index contributed by atoms with van der Waals surface area (Å²) in [6.07, 6.45) is 9.88. The van der Waals surface area contributed by atoms with Gasteiger partial charge in [-0.3, -0.25) is 19.7 Å². The maximum Gasteiger partial charge on any atom is 0.309 e. The lowest BCUT2D eigenvalue weighted by Crippen LogP contribution is -2.29. The quantitative estimate of drug-likeness (QED) is 0.0338. The van der Waals surface area contributed by atoms with Crippen LogP contribution in [0.1, 0.15) is 45.2 Å². The predicted molar refractivity (Wildman–Crippen MR) is 188 cm³/mol. The normalized spacial score (nSPS) is 17.2. The Kier molecular flexibility index (Phi) is 8.47. The number of fused-ring (bicyclic) bond motifs is 7. The molecule has 6 rings (SSSR count). The highest BCUT2D eigenvalue weighted by Gasteiger charge is 2.47. The van der Waals surface area contributed by atoms with Crippen molar-refractivity contribution >= 4 is 56.8 Å². The van der Waals surface area contributed by atoms with Crippen LogP contribution in [0, 0.1) is 10.1 Å². The molecular weight excluding hydrogens is 606 g/mol. The minimum absolute atomic E-state index is 0.00390. The summed E-state index contributed by atoms with van der Waals surface area (Å²) in [5.41, 5.74) is 4.94. The van der Waals surface area contributed by atoms with Crippen LogP contribution in [0.5, 0.6) is 0 Å². The molecule has 0 saturated carbocycles. The molecule has 0 aliphatic carbocycles. The first-order valence-corrected chi connectivity index (χ1v) is 16.0. The molecule has 4 aromatic rings. The molecule has 2 heterocycles. The van der Waals surface area contributed by atoms with E-state index in [-0.39, 0.29) is 18.7 Å². The molecule has 0 bridgehead atoms. The predicted octanol–water partition coefficient (Wildman–Crippen LogP) is 7.72. The number of anilines is 1. The third kappa shape index (κ3) is 5.45. The van der Waals surface area contributed by atoms with E-state index in [1.807, 2.05) is 41.3 Å². The number of nitro groups is 1. The van der Waals surface area contributed by atoms with Crippen molar-refractivity contribution in [3.05, 3.63) is 124 Å². The lowest BCUT2D eigenvalue weighted by Gasteiger charge is -2.26. The molecule has 0 amide bonds. The molecule has 0 atom stereocenters. The number of benzene rings is 4. The van der Waals surface area contributed by atoms with Crippen molar-refractivity contribution < 1.29 is 28.9 Å². The topological polar surface area (TPSA) is 113 Å². The summed E-state index contributed by atoms with van der Waals surface area (Å²) < 4.78 is 7.16. The molecule has 0 saturated heterocycles. The second-order valence-corrected chi connectivity index (χ2v) is 13.1. The van der Waals surface area contributed by atoms with Crippen LogP contribution in [-0.2, 0) is 25.2 Å². The van der Waals surface area contributed by atoms with Gasteiger partial charge in [0.25, 0.3) is 12.2 Å². The number of nitrogens with zero attached hydrogens (tertiary/aromatic N) is 3. The lowest BCUT2D eigenvalue weighted by molar-refractivity contribution is -0.435. The molecule has 48 heavy (non-hydrogen) atoms. The van der Waals surface area contributed by atoms with E-state index >= 15 is 0 Å². The van der Waals surface area contributed by atoms with Gasteiger partial charge in [0, 0.05) is 34.9 Å². The van der Waals surface area contributed by atoms with Crippen LogP contribution >= 0.6 is 0 Å². The van der Waals surface area contributed by atoms with Gasteiger partial charge in [-0.25, -0.2) is 0 Å². The van der Waals surface area contributed by atoms with Crippen LogP contribution in [0.4, 0.5) is 17.1 Å². The standard InChI is InChI=1S/C39H37N3O6/c1-38(2)31-19-18-26(42(46)47)24-32(31)40(22-23-48-25-43)33(38)16-6-5-7-17-34-39(3,4)36-29-14-10-8-12-27(29)28-13-9-11-15-30(28)37(36)41(34)21-20-35(44)45/h5-19,24-25H,20-23H2,1-4H3/p+1. The first-order valence-electron chi connectivity index (χ1n) is 16.0. The number of ether oxygens (including phenoxy) is 1. The van der Waals surface area contributed by atoms with Crippen molar-refractivity contribution in [1.82, 2.24) is 0 Å². The summed E-state index contributed by atoms with van der Waals surface area (Å²) in [6.45, 7) is 9.72. The second kappa shape index (κ2) is 12.6. The number of carboxylic acids is 1. The third-order valence-corrected chi connectivity index (χ3v) is 9.60. The molecule has 0 spiro atoms. The van der Waals surface area contributed by atoms with E-state index in [9.17, 15) is 24.8 Å². The molecule has 0 radical (unpaired) electrons. The smallest absolute Gasteiger partial charge is 0.309 e. The molecule has 0 aromatic heterocycles. The fourth-order valence-corrected chi connectivity index (χ4v) is 7.44. The van der Waals surface area contributed by atoms with Crippen molar-refractivity contribution in [2.75, 3.05) is 24.6 Å². The maximum atomic E-state index is 11.8. The average Bonchev–Trinajstić information content (AvgIpc) is 3.42. The molecule has 9 heteroatoms. The van der Waals surface area contributed by atoms with E-state index in [4.69, 9.17) is 4.74 Å². The summed E-state index contributed by atoms with van der Waals surface area (Å²) in [5, 5.41) is 25.8. The van der Waals surface area contributed by atoms with E-state index < -0.39 is 21.7 Å². The van der Waals surface area contributed by atoms with Crippen LogP contribution in [0.3, 0.4) is 0 Å². The average molecular weight is 645 g/mol. The molecule has 1 N–H and O–H groups in total. The van der Waals surface area contributed by atoms with Crippen molar-refractivity contribution in [2.45, 2.75) is 44.9 Å². The number of nitro benzene ring substituents is 1. The minimum Gasteiger partial charge on any atom is -0.481 e. The Morgan fingerprint density at radius 1 is 0.938 bits per heavy atom. The zero-order chi connectivity index (χ0) is 34.2. The van der Waals surface area contributed by atoms with Gasteiger partial charge in [-0.2, -0.15) is 4.58 Å². The number of rotatable bonds is 11. The molecule has 4 aromatic carbocycles. The third-order valence-electron chi connectivity index (χ3n) is 9.60. The van der Waals surface area contributed by atoms with Gasteiger partial charge < -0.3 is 14.7 Å². The highest BCUT2D eigenvalue weighted by atomic mass is 16.6. The molecule has 244 valence electrons. The van der Waals surface area contributed by atoms with Gasteiger partial charge in [0.05, 0.1) is 28.0 Å². The highest BCUT2D eigenvalue weighted by Crippen LogP contribution is 2.50. The summed E-state index contributed by atoms with van der Waals surface area (Å²) in [4.78, 5) is 35.8. The number of non-ortho nitro benzene ring substituents is 1. The van der Waals surface area contributed by atoms with Crippen LogP contribution < -0.4 is 4.90 Å². The number of carboxylic acid groups (broad SMARTS) is 1. The van der Waals surface area contributed by atoms with E-state index in [0.29, 0.717) is 25.2 Å². The Labute approximate surface area is 278 Å². The largest absolute Gasteiger partial charge is 0.481 e. The Morgan fingerprint density at radius 2 is 1.60 bits per heavy atom. The Bertz CT molecular complexity index is 2100. The maximum absolute atomic E-state index is 11.8. The number of carbonyl (C=O) groups is 2. The van der Waals surface area contributed by atoms with Gasteiger partial charge in [0.1, 0.15) is 13.0 Å². The summed E-state index contributed by atoms with van der Waals surface area (Å²) in [7, 11) is 0. The molecule has 9 nitrogen and oxygen atoms in total. The van der Waals surface area contributed by atoms with E-state index in [1.54, 1.807) is 12.1 Å². The summed E-state index contributed by atoms with van der Waals surface area (Å²) >= 11 is 0. The number of allylic oxidation sites excluding steroid dienone is 6. The second-order valence-electron chi connectivity index (χ2n) is 13.1. The number of hydrogen-bond acceptors (Lipinski definition) is 6. The minimum atomic E-state index is -0.852. The Hall–Kier alpha value is -5.57. The molecule has 0 fully saturated rings. The van der Waals surface area contributed by atoms with Crippen LogP contribution in [0.2, 0.25) is 0 Å². The van der Waals surface area contributed by atoms with E-state index in [0.717, 1.165) is 38.8 Å². The van der Waals surface area contributed by atoms with Crippen LogP contribution in [0.25, 0.3) is 21.5 Å². The van der Waals surface area contributed by atoms with Gasteiger partial charge in [-0.15, -0.1) is 0 Å². The van der Waals surface area contributed by atoms with E-state index in [2.05, 4.69) is 74.7 Å². The molecule has 0 unspecified atom stereocenters. The van der Waals surface area contributed by atoms with Crippen LogP contribution in [-0.4, -0.2) is 52.5 Å². The van der Waals surface area contributed by atoms with Gasteiger partial charge in [-0.05, 0) is 53.8 Å². The Balaban J connectivity index is 1.41. The fraction of sp³-hybridized carbons (Fsp3) is 0.256. The van der Waals surface area contributed by atoms with Crippen molar-refractivity contribution in [2.24, 2.45) is 0 Å². The van der Waals surface area contributed by atoms with E-state index in [1.165, 1.54) is 17.0 Å². The monoisotopic (exact) mass is 644 g/mol. The van der Waals surface area contributed by atoms with Crippen LogP contribution in [0.15, 0.2) is 103 Å². The molecule has 2 aliphatic heterocycles. The molecule has 2 aliphatic rings. The van der Waals surface area contributed by atoms with Crippen molar-refractivity contribution in [1.29, 1.82) is 0 Å². The van der Waals surface area contributed by atoms with Gasteiger partial charge in [0.2, 0.25) is 5.69 Å². The zero-order valence-corrected chi connectivity index (χ0v) is 27.5.